The van der Waals surface area contributed by atoms with Crippen LogP contribution in [0.4, 0.5) is 0 Å². The Bertz CT molecular complexity index is 229. The summed E-state index contributed by atoms with van der Waals surface area (Å²) in [4.78, 5) is 0. The van der Waals surface area contributed by atoms with Crippen molar-refractivity contribution in [1.82, 2.24) is 0 Å². The molecule has 77 valence electrons. The van der Waals surface area contributed by atoms with E-state index in [-0.39, 0.29) is 26.2 Å². The Hall–Kier alpha value is 0.450. The molecule has 1 aromatic carbocycles. The third-order valence-corrected chi connectivity index (χ3v) is 2.36. The monoisotopic (exact) mass is 282 g/mol. The minimum Gasteiger partial charge on any atom is -0.207 e. The molecule has 0 amide bonds. The summed E-state index contributed by atoms with van der Waals surface area (Å²) in [5.74, 6) is 0. The smallest absolute Gasteiger partial charge is 0.0213 e. The third kappa shape index (κ3) is 4.31. The van der Waals surface area contributed by atoms with Gasteiger partial charge in [-0.1, -0.05) is 45.7 Å². The zero-order valence-electron chi connectivity index (χ0n) is 9.56. The first kappa shape index (κ1) is 14.5. The van der Waals surface area contributed by atoms with Crippen LogP contribution in [0.3, 0.4) is 0 Å². The second kappa shape index (κ2) is 7.70. The Morgan fingerprint density at radius 3 is 2.36 bits per heavy atom. The fourth-order valence-electron chi connectivity index (χ4n) is 1.87. The molecule has 0 bridgehead atoms. The van der Waals surface area contributed by atoms with Gasteiger partial charge in [-0.2, -0.15) is 22.8 Å². The fourth-order valence-corrected chi connectivity index (χ4v) is 1.87. The first-order valence-corrected chi connectivity index (χ1v) is 7.58. The summed E-state index contributed by atoms with van der Waals surface area (Å²) in [5, 5.41) is 0. The van der Waals surface area contributed by atoms with Gasteiger partial charge >= 0.3 is 0 Å². The van der Waals surface area contributed by atoms with Gasteiger partial charge in [-0.15, -0.1) is 0 Å². The topological polar surface area (TPSA) is 0 Å². The average molecular weight is 284 g/mol. The molecule has 0 unspecified atom stereocenters. The van der Waals surface area contributed by atoms with Crippen LogP contribution in [0, 0.1) is 6.92 Å². The first-order chi connectivity index (χ1) is 6.27. The van der Waals surface area contributed by atoms with Gasteiger partial charge in [-0.3, -0.25) is 0 Å². The van der Waals surface area contributed by atoms with Crippen LogP contribution < -0.4 is 0 Å². The van der Waals surface area contributed by atoms with E-state index in [4.69, 9.17) is 0 Å². The molecule has 0 spiro atoms. The number of rotatable bonds is 0. The van der Waals surface area contributed by atoms with E-state index in [1.807, 2.05) is 0 Å². The molecular formula is C12H20SiZr-. The molecule has 1 aliphatic rings. The van der Waals surface area contributed by atoms with Gasteiger partial charge in [0.15, 0.2) is 0 Å². The summed E-state index contributed by atoms with van der Waals surface area (Å²) < 4.78 is 0. The molecule has 0 aromatic heterocycles. The molecule has 2 rings (SSSR count). The van der Waals surface area contributed by atoms with Crippen LogP contribution in [-0.2, 0) is 39.0 Å². The molecule has 1 aromatic rings. The normalized spacial score (nSPS) is 13.4. The van der Waals surface area contributed by atoms with Crippen LogP contribution in [0.2, 0.25) is 13.1 Å². The van der Waals surface area contributed by atoms with Crippen molar-refractivity contribution in [2.24, 2.45) is 0 Å². The zero-order valence-corrected chi connectivity index (χ0v) is 13.2. The van der Waals surface area contributed by atoms with Crippen molar-refractivity contribution in [3.63, 3.8) is 0 Å². The maximum atomic E-state index is 2.34. The van der Waals surface area contributed by atoms with E-state index in [0.29, 0.717) is 0 Å². The van der Waals surface area contributed by atoms with Gasteiger partial charge in [0.25, 0.3) is 0 Å². The van der Waals surface area contributed by atoms with Crippen LogP contribution in [0.15, 0.2) is 12.1 Å². The Labute approximate surface area is 110 Å². The molecule has 0 saturated heterocycles. The van der Waals surface area contributed by atoms with E-state index in [0.717, 1.165) is 9.52 Å². The van der Waals surface area contributed by atoms with Gasteiger partial charge in [0.05, 0.1) is 0 Å². The predicted molar refractivity (Wildman–Crippen MR) is 62.3 cm³/mol. The van der Waals surface area contributed by atoms with Crippen LogP contribution >= 0.6 is 0 Å². The van der Waals surface area contributed by atoms with Crippen LogP contribution in [0.5, 0.6) is 0 Å². The molecule has 14 heavy (non-hydrogen) atoms. The predicted octanol–water partition coefficient (Wildman–Crippen LogP) is 3.11. The van der Waals surface area contributed by atoms with E-state index in [1.165, 1.54) is 31.2 Å². The van der Waals surface area contributed by atoms with Gasteiger partial charge in [-0.05, 0) is 0 Å². The molecule has 1 radical (unpaired) electrons. The fraction of sp³-hybridized carbons (Fsp3) is 0.583. The summed E-state index contributed by atoms with van der Waals surface area (Å²) in [6, 6.07) is 4.68. The van der Waals surface area contributed by atoms with Crippen molar-refractivity contribution in [2.45, 2.75) is 45.7 Å². The largest absolute Gasteiger partial charge is 0.207 e. The van der Waals surface area contributed by atoms with E-state index in [1.54, 1.807) is 11.1 Å². The first-order valence-electron chi connectivity index (χ1n) is 5.27. The molecule has 1 aliphatic carbocycles. The molecular weight excluding hydrogens is 263 g/mol. The molecule has 2 heteroatoms. The summed E-state index contributed by atoms with van der Waals surface area (Å²) >= 11 is 0. The van der Waals surface area contributed by atoms with Crippen LogP contribution in [-0.4, -0.2) is 9.52 Å². The van der Waals surface area contributed by atoms with Gasteiger partial charge in [0.2, 0.25) is 0 Å². The maximum absolute atomic E-state index is 2.34. The Morgan fingerprint density at radius 2 is 1.79 bits per heavy atom. The SMILES string of the molecule is C[SiH]C.Cc1cc2c([cH-]1)CCCC2.[Zr]. The van der Waals surface area contributed by atoms with E-state index >= 15 is 0 Å². The standard InChI is InChI=1S/C10H13.C2H7Si.Zr/c1-8-6-9-4-2-3-5-10(9)7-8;1-3-2;/h6-7H,2-5H2,1H3;3H,1-2H3;/q-1;;. The number of aryl methyl sites for hydroxylation is 3. The Balaban J connectivity index is 0.000000381. The number of hydrogen-bond acceptors (Lipinski definition) is 0. The van der Waals surface area contributed by atoms with Gasteiger partial charge < -0.3 is 0 Å². The van der Waals surface area contributed by atoms with Gasteiger partial charge in [0.1, 0.15) is 0 Å². The molecule has 0 aliphatic heterocycles. The second-order valence-electron chi connectivity index (χ2n) is 3.87. The average Bonchev–Trinajstić information content (AvgIpc) is 2.45. The summed E-state index contributed by atoms with van der Waals surface area (Å²) in [5.41, 5.74) is 4.68. The van der Waals surface area contributed by atoms with Crippen molar-refractivity contribution in [2.75, 3.05) is 0 Å². The van der Waals surface area contributed by atoms with Gasteiger partial charge in [0, 0.05) is 35.7 Å². The molecule has 0 atom stereocenters. The maximum Gasteiger partial charge on any atom is 0.0213 e. The summed E-state index contributed by atoms with van der Waals surface area (Å²) in [7, 11) is 0.750. The second-order valence-corrected chi connectivity index (χ2v) is 5.02. The molecule has 0 N–H and O–H groups in total. The summed E-state index contributed by atoms with van der Waals surface area (Å²) in [6.45, 7) is 6.61. The van der Waals surface area contributed by atoms with E-state index in [2.05, 4.69) is 32.2 Å². The van der Waals surface area contributed by atoms with Crippen molar-refractivity contribution in [3.8, 4) is 0 Å². The van der Waals surface area contributed by atoms with Crippen LogP contribution in [0.1, 0.15) is 29.5 Å². The third-order valence-electron chi connectivity index (χ3n) is 2.36. The van der Waals surface area contributed by atoms with Crippen molar-refractivity contribution >= 4 is 9.52 Å². The van der Waals surface area contributed by atoms with Gasteiger partial charge in [-0.25, -0.2) is 6.07 Å². The quantitative estimate of drug-likeness (QED) is 0.507. The molecule has 0 fully saturated rings. The van der Waals surface area contributed by atoms with Crippen molar-refractivity contribution in [3.05, 3.63) is 28.8 Å². The zero-order chi connectivity index (χ0) is 9.68. The Morgan fingerprint density at radius 1 is 1.21 bits per heavy atom. The van der Waals surface area contributed by atoms with Crippen molar-refractivity contribution < 1.29 is 26.2 Å². The number of fused-ring (bicyclic) bond motifs is 1. The minimum absolute atomic E-state index is 0. The minimum atomic E-state index is 0. The molecule has 0 nitrogen and oxygen atoms in total. The van der Waals surface area contributed by atoms with E-state index in [9.17, 15) is 0 Å². The molecule has 0 saturated carbocycles. The number of hydrogen-bond donors (Lipinski definition) is 0. The van der Waals surface area contributed by atoms with Crippen molar-refractivity contribution in [1.29, 1.82) is 0 Å². The molecule has 0 heterocycles. The van der Waals surface area contributed by atoms with Crippen LogP contribution in [0.25, 0.3) is 0 Å². The van der Waals surface area contributed by atoms with E-state index < -0.39 is 0 Å². The summed E-state index contributed by atoms with van der Waals surface area (Å²) in [6.07, 6.45) is 5.44. The Kier molecular flexibility index (Phi) is 7.95.